The summed E-state index contributed by atoms with van der Waals surface area (Å²) in [7, 11) is 1.71. The van der Waals surface area contributed by atoms with Gasteiger partial charge in [0.2, 0.25) is 11.8 Å². The summed E-state index contributed by atoms with van der Waals surface area (Å²) in [6.45, 7) is 1.90. The lowest BCUT2D eigenvalue weighted by Crippen LogP contribution is -2.25. The van der Waals surface area contributed by atoms with E-state index in [1.165, 1.54) is 6.92 Å². The summed E-state index contributed by atoms with van der Waals surface area (Å²) in [4.78, 5) is 24.0. The van der Waals surface area contributed by atoms with Gasteiger partial charge in [0.1, 0.15) is 0 Å². The number of nitrogens with one attached hydrogen (secondary N) is 1. The Hall–Kier alpha value is -1.88. The Morgan fingerprint density at radius 1 is 1.35 bits per heavy atom. The predicted molar refractivity (Wildman–Crippen MR) is 66.3 cm³/mol. The first-order chi connectivity index (χ1) is 8.04. The van der Waals surface area contributed by atoms with Crippen LogP contribution in [0.15, 0.2) is 24.3 Å². The van der Waals surface area contributed by atoms with Crippen LogP contribution in [-0.2, 0) is 16.1 Å². The number of para-hydroxylation sites is 1. The van der Waals surface area contributed by atoms with E-state index in [-0.39, 0.29) is 18.4 Å². The van der Waals surface area contributed by atoms with Gasteiger partial charge in [0, 0.05) is 26.2 Å². The molecule has 0 heterocycles. The second-order valence-electron chi connectivity index (χ2n) is 3.78. The third-order valence-electron chi connectivity index (χ3n) is 2.42. The van der Waals surface area contributed by atoms with Crippen LogP contribution in [0.3, 0.4) is 0 Å². The molecule has 92 valence electrons. The number of amides is 2. The van der Waals surface area contributed by atoms with E-state index in [0.29, 0.717) is 12.2 Å². The summed E-state index contributed by atoms with van der Waals surface area (Å²) in [5.41, 5.74) is 6.82. The molecule has 0 unspecified atom stereocenters. The van der Waals surface area contributed by atoms with Crippen LogP contribution in [-0.4, -0.2) is 30.3 Å². The fourth-order valence-corrected chi connectivity index (χ4v) is 1.35. The zero-order valence-corrected chi connectivity index (χ0v) is 10.1. The molecule has 1 aromatic rings. The van der Waals surface area contributed by atoms with Crippen molar-refractivity contribution in [3.63, 3.8) is 0 Å². The van der Waals surface area contributed by atoms with Crippen molar-refractivity contribution in [1.29, 1.82) is 0 Å². The molecule has 5 nitrogen and oxygen atoms in total. The van der Waals surface area contributed by atoms with Gasteiger partial charge < -0.3 is 16.0 Å². The number of benzene rings is 1. The van der Waals surface area contributed by atoms with Crippen LogP contribution < -0.4 is 11.1 Å². The van der Waals surface area contributed by atoms with Gasteiger partial charge in [0.25, 0.3) is 0 Å². The Kier molecular flexibility index (Phi) is 4.66. The second kappa shape index (κ2) is 6.00. The quantitative estimate of drug-likeness (QED) is 0.800. The molecule has 1 aromatic carbocycles. The number of carbonyl (C=O) groups excluding carboxylic acids is 2. The lowest BCUT2D eigenvalue weighted by molar-refractivity contribution is -0.128. The summed E-state index contributed by atoms with van der Waals surface area (Å²) in [5, 5.41) is 2.70. The fourth-order valence-electron chi connectivity index (χ4n) is 1.35. The maximum absolute atomic E-state index is 11.2. The largest absolute Gasteiger partial charge is 0.342 e. The van der Waals surface area contributed by atoms with Gasteiger partial charge in [-0.25, -0.2) is 0 Å². The molecule has 5 heteroatoms. The SMILES string of the molecule is CC(=O)N(C)Cc1ccccc1NC(=O)CN. The van der Waals surface area contributed by atoms with Crippen molar-refractivity contribution in [2.75, 3.05) is 18.9 Å². The van der Waals surface area contributed by atoms with Crippen molar-refractivity contribution in [1.82, 2.24) is 4.90 Å². The highest BCUT2D eigenvalue weighted by Crippen LogP contribution is 2.16. The van der Waals surface area contributed by atoms with Crippen LogP contribution in [0.2, 0.25) is 0 Å². The molecular weight excluding hydrogens is 218 g/mol. The molecular formula is C12H17N3O2. The first-order valence-electron chi connectivity index (χ1n) is 5.34. The standard InChI is InChI=1S/C12H17N3O2/c1-9(16)15(2)8-10-5-3-4-6-11(10)14-12(17)7-13/h3-6H,7-8,13H2,1-2H3,(H,14,17). The van der Waals surface area contributed by atoms with E-state index in [1.54, 1.807) is 18.0 Å². The predicted octanol–water partition coefficient (Wildman–Crippen LogP) is 0.562. The molecule has 17 heavy (non-hydrogen) atoms. The van der Waals surface area contributed by atoms with Crippen LogP contribution in [0.4, 0.5) is 5.69 Å². The van der Waals surface area contributed by atoms with Gasteiger partial charge in [-0.3, -0.25) is 9.59 Å². The number of hydrogen-bond donors (Lipinski definition) is 2. The Labute approximate surface area is 101 Å². The number of rotatable bonds is 4. The minimum atomic E-state index is -0.247. The highest BCUT2D eigenvalue weighted by atomic mass is 16.2. The molecule has 0 aromatic heterocycles. The Morgan fingerprint density at radius 3 is 2.59 bits per heavy atom. The molecule has 0 atom stereocenters. The Balaban J connectivity index is 2.84. The molecule has 0 aliphatic rings. The lowest BCUT2D eigenvalue weighted by Gasteiger charge is -2.17. The van der Waals surface area contributed by atoms with Crippen molar-refractivity contribution in [3.8, 4) is 0 Å². The molecule has 3 N–H and O–H groups in total. The summed E-state index contributed by atoms with van der Waals surface area (Å²) in [6, 6.07) is 7.34. The molecule has 2 amide bonds. The Morgan fingerprint density at radius 2 is 2.00 bits per heavy atom. The summed E-state index contributed by atoms with van der Waals surface area (Å²) in [6.07, 6.45) is 0. The number of hydrogen-bond acceptors (Lipinski definition) is 3. The second-order valence-corrected chi connectivity index (χ2v) is 3.78. The molecule has 0 spiro atoms. The van der Waals surface area contributed by atoms with Gasteiger partial charge >= 0.3 is 0 Å². The summed E-state index contributed by atoms with van der Waals surface area (Å²) >= 11 is 0. The van der Waals surface area contributed by atoms with Gasteiger partial charge in [0.05, 0.1) is 6.54 Å². The number of carbonyl (C=O) groups is 2. The number of nitrogens with zero attached hydrogens (tertiary/aromatic N) is 1. The van der Waals surface area contributed by atoms with Crippen LogP contribution in [0, 0.1) is 0 Å². The molecule has 0 saturated heterocycles. The van der Waals surface area contributed by atoms with Crippen molar-refractivity contribution < 1.29 is 9.59 Å². The van der Waals surface area contributed by atoms with Crippen molar-refractivity contribution in [2.24, 2.45) is 5.73 Å². The lowest BCUT2D eigenvalue weighted by atomic mass is 10.1. The minimum Gasteiger partial charge on any atom is -0.342 e. The van der Waals surface area contributed by atoms with Crippen LogP contribution >= 0.6 is 0 Å². The first-order valence-corrected chi connectivity index (χ1v) is 5.34. The van der Waals surface area contributed by atoms with Crippen molar-refractivity contribution >= 4 is 17.5 Å². The molecule has 0 aliphatic carbocycles. The monoisotopic (exact) mass is 235 g/mol. The van der Waals surface area contributed by atoms with Crippen LogP contribution in [0.5, 0.6) is 0 Å². The van der Waals surface area contributed by atoms with Crippen LogP contribution in [0.1, 0.15) is 12.5 Å². The normalized spacial score (nSPS) is 9.82. The first kappa shape index (κ1) is 13.2. The average Bonchev–Trinajstić information content (AvgIpc) is 2.31. The van der Waals surface area contributed by atoms with E-state index >= 15 is 0 Å². The zero-order valence-electron chi connectivity index (χ0n) is 10.1. The molecule has 0 radical (unpaired) electrons. The van der Waals surface area contributed by atoms with Crippen LogP contribution in [0.25, 0.3) is 0 Å². The zero-order chi connectivity index (χ0) is 12.8. The smallest absolute Gasteiger partial charge is 0.238 e. The molecule has 0 bridgehead atoms. The van der Waals surface area contributed by atoms with E-state index in [0.717, 1.165) is 5.56 Å². The van der Waals surface area contributed by atoms with E-state index in [9.17, 15) is 9.59 Å². The highest BCUT2D eigenvalue weighted by molar-refractivity contribution is 5.92. The van der Waals surface area contributed by atoms with E-state index in [1.807, 2.05) is 18.2 Å². The summed E-state index contributed by atoms with van der Waals surface area (Å²) in [5.74, 6) is -0.270. The summed E-state index contributed by atoms with van der Waals surface area (Å²) < 4.78 is 0. The van der Waals surface area contributed by atoms with Gasteiger partial charge in [-0.2, -0.15) is 0 Å². The maximum Gasteiger partial charge on any atom is 0.238 e. The third kappa shape index (κ3) is 3.88. The van der Waals surface area contributed by atoms with E-state index in [4.69, 9.17) is 5.73 Å². The minimum absolute atomic E-state index is 0.0232. The molecule has 0 saturated carbocycles. The number of nitrogens with two attached hydrogens (primary N) is 1. The molecule has 1 rings (SSSR count). The average molecular weight is 235 g/mol. The highest BCUT2D eigenvalue weighted by Gasteiger charge is 2.08. The van der Waals surface area contributed by atoms with Gasteiger partial charge in [-0.05, 0) is 11.6 Å². The van der Waals surface area contributed by atoms with Crippen molar-refractivity contribution in [2.45, 2.75) is 13.5 Å². The van der Waals surface area contributed by atoms with E-state index < -0.39 is 0 Å². The molecule has 0 fully saturated rings. The van der Waals surface area contributed by atoms with Gasteiger partial charge in [-0.1, -0.05) is 18.2 Å². The third-order valence-corrected chi connectivity index (χ3v) is 2.42. The Bertz CT molecular complexity index is 418. The fraction of sp³-hybridized carbons (Fsp3) is 0.333. The van der Waals surface area contributed by atoms with Gasteiger partial charge in [0.15, 0.2) is 0 Å². The maximum atomic E-state index is 11.2. The number of anilines is 1. The molecule has 0 aliphatic heterocycles. The van der Waals surface area contributed by atoms with Gasteiger partial charge in [-0.15, -0.1) is 0 Å². The topological polar surface area (TPSA) is 75.4 Å². The van der Waals surface area contributed by atoms with Crippen molar-refractivity contribution in [3.05, 3.63) is 29.8 Å². The van der Waals surface area contributed by atoms with E-state index in [2.05, 4.69) is 5.32 Å².